The van der Waals surface area contributed by atoms with Crippen molar-refractivity contribution >= 4 is 16.7 Å². The lowest BCUT2D eigenvalue weighted by Crippen LogP contribution is -2.49. The molecule has 0 bridgehead atoms. The summed E-state index contributed by atoms with van der Waals surface area (Å²) in [6.07, 6.45) is 1.62. The minimum Gasteiger partial charge on any atom is -0.377 e. The van der Waals surface area contributed by atoms with Gasteiger partial charge in [0.15, 0.2) is 0 Å². The molecule has 1 saturated heterocycles. The second-order valence-electron chi connectivity index (χ2n) is 5.21. The molecule has 1 unspecified atom stereocenters. The number of morpholine rings is 1. The van der Waals surface area contributed by atoms with E-state index in [4.69, 9.17) is 4.74 Å². The van der Waals surface area contributed by atoms with Crippen LogP contribution in [-0.4, -0.2) is 46.4 Å². The maximum Gasteiger partial charge on any atom is 0.275 e. The predicted molar refractivity (Wildman–Crippen MR) is 78.0 cm³/mol. The normalized spacial score (nSPS) is 18.9. The van der Waals surface area contributed by atoms with Crippen LogP contribution in [0.2, 0.25) is 0 Å². The van der Waals surface area contributed by atoms with Crippen molar-refractivity contribution in [1.82, 2.24) is 14.7 Å². The van der Waals surface area contributed by atoms with E-state index in [2.05, 4.69) is 5.10 Å². The molecule has 21 heavy (non-hydrogen) atoms. The minimum absolute atomic E-state index is 0.0300. The molecule has 1 atom stereocenters. The molecular weight excluding hydrogens is 270 g/mol. The van der Waals surface area contributed by atoms with E-state index in [9.17, 15) is 9.59 Å². The third-order valence-corrected chi connectivity index (χ3v) is 3.73. The van der Waals surface area contributed by atoms with E-state index in [1.807, 2.05) is 19.1 Å². The van der Waals surface area contributed by atoms with E-state index in [-0.39, 0.29) is 24.1 Å². The summed E-state index contributed by atoms with van der Waals surface area (Å²) < 4.78 is 6.54. The topological polar surface area (TPSA) is 64.4 Å². The molecule has 1 aliphatic heterocycles. The van der Waals surface area contributed by atoms with Gasteiger partial charge in [-0.2, -0.15) is 5.10 Å². The minimum atomic E-state index is -0.234. The number of benzene rings is 1. The first kappa shape index (κ1) is 13.8. The molecule has 1 aromatic heterocycles. The van der Waals surface area contributed by atoms with Crippen LogP contribution >= 0.6 is 0 Å². The quantitative estimate of drug-likeness (QED) is 0.813. The van der Waals surface area contributed by atoms with Gasteiger partial charge in [-0.3, -0.25) is 9.59 Å². The van der Waals surface area contributed by atoms with Crippen LogP contribution in [0.3, 0.4) is 0 Å². The molecule has 1 aromatic carbocycles. The predicted octanol–water partition coefficient (Wildman–Crippen LogP) is 0.644. The van der Waals surface area contributed by atoms with Crippen molar-refractivity contribution in [3.63, 3.8) is 0 Å². The number of aromatic nitrogens is 2. The van der Waals surface area contributed by atoms with Gasteiger partial charge in [-0.1, -0.05) is 18.2 Å². The van der Waals surface area contributed by atoms with E-state index in [1.54, 1.807) is 23.2 Å². The van der Waals surface area contributed by atoms with Crippen molar-refractivity contribution in [3.05, 3.63) is 40.8 Å². The Balaban J connectivity index is 1.86. The third kappa shape index (κ3) is 2.67. The van der Waals surface area contributed by atoms with Crippen LogP contribution in [0.25, 0.3) is 10.8 Å². The third-order valence-electron chi connectivity index (χ3n) is 3.73. The highest BCUT2D eigenvalue weighted by Crippen LogP contribution is 2.09. The Kier molecular flexibility index (Phi) is 3.70. The summed E-state index contributed by atoms with van der Waals surface area (Å²) in [5.74, 6) is -0.101. The van der Waals surface area contributed by atoms with Crippen LogP contribution in [0, 0.1) is 0 Å². The average molecular weight is 287 g/mol. The maximum atomic E-state index is 12.3. The van der Waals surface area contributed by atoms with E-state index >= 15 is 0 Å². The molecule has 110 valence electrons. The van der Waals surface area contributed by atoms with Gasteiger partial charge in [0.2, 0.25) is 5.91 Å². The first-order valence-corrected chi connectivity index (χ1v) is 6.99. The molecule has 6 nitrogen and oxygen atoms in total. The molecule has 3 rings (SSSR count). The lowest BCUT2D eigenvalue weighted by Gasteiger charge is -2.33. The van der Waals surface area contributed by atoms with Gasteiger partial charge in [0.1, 0.15) is 6.54 Å². The number of hydrogen-bond donors (Lipinski definition) is 0. The zero-order chi connectivity index (χ0) is 14.8. The van der Waals surface area contributed by atoms with Gasteiger partial charge in [0.25, 0.3) is 5.56 Å². The van der Waals surface area contributed by atoms with Crippen molar-refractivity contribution in [2.24, 2.45) is 0 Å². The van der Waals surface area contributed by atoms with Gasteiger partial charge in [-0.15, -0.1) is 0 Å². The highest BCUT2D eigenvalue weighted by atomic mass is 16.5. The SMILES string of the molecule is CC1COCCN1C(=O)Cn1ncc2ccccc2c1=O. The second kappa shape index (κ2) is 5.65. The molecule has 6 heteroatoms. The Hall–Kier alpha value is -2.21. The van der Waals surface area contributed by atoms with E-state index in [0.29, 0.717) is 25.1 Å². The number of nitrogens with zero attached hydrogens (tertiary/aromatic N) is 3. The fraction of sp³-hybridized carbons (Fsp3) is 0.400. The van der Waals surface area contributed by atoms with Gasteiger partial charge < -0.3 is 9.64 Å². The van der Waals surface area contributed by atoms with Crippen molar-refractivity contribution in [3.8, 4) is 0 Å². The van der Waals surface area contributed by atoms with Gasteiger partial charge >= 0.3 is 0 Å². The van der Waals surface area contributed by atoms with Crippen molar-refractivity contribution in [2.75, 3.05) is 19.8 Å². The highest BCUT2D eigenvalue weighted by molar-refractivity contribution is 5.81. The standard InChI is InChI=1S/C15H17N3O3/c1-11-10-21-7-6-17(11)14(19)9-18-15(20)13-5-3-2-4-12(13)8-16-18/h2-5,8,11H,6-7,9-10H2,1H3. The molecule has 0 aliphatic carbocycles. The fourth-order valence-electron chi connectivity index (χ4n) is 2.56. The number of carbonyl (C=O) groups is 1. The van der Waals surface area contributed by atoms with Gasteiger partial charge in [-0.05, 0) is 13.0 Å². The van der Waals surface area contributed by atoms with Gasteiger partial charge in [0.05, 0.1) is 30.8 Å². The van der Waals surface area contributed by atoms with Crippen LogP contribution in [0.15, 0.2) is 35.3 Å². The molecule has 2 aromatic rings. The number of rotatable bonds is 2. The smallest absolute Gasteiger partial charge is 0.275 e. The van der Waals surface area contributed by atoms with Crippen molar-refractivity contribution < 1.29 is 9.53 Å². The molecule has 2 heterocycles. The summed E-state index contributed by atoms with van der Waals surface area (Å²) in [5.41, 5.74) is -0.234. The van der Waals surface area contributed by atoms with E-state index < -0.39 is 0 Å². The zero-order valence-corrected chi connectivity index (χ0v) is 11.9. The summed E-state index contributed by atoms with van der Waals surface area (Å²) >= 11 is 0. The molecule has 1 fully saturated rings. The van der Waals surface area contributed by atoms with Crippen molar-refractivity contribution in [2.45, 2.75) is 19.5 Å². The molecule has 0 radical (unpaired) electrons. The Labute approximate surface area is 121 Å². The number of fused-ring (bicyclic) bond motifs is 1. The van der Waals surface area contributed by atoms with Gasteiger partial charge in [0, 0.05) is 11.9 Å². The van der Waals surface area contributed by atoms with Crippen LogP contribution in [0.4, 0.5) is 0 Å². The summed E-state index contributed by atoms with van der Waals surface area (Å²) in [7, 11) is 0. The van der Waals surface area contributed by atoms with Crippen molar-refractivity contribution in [1.29, 1.82) is 0 Å². The highest BCUT2D eigenvalue weighted by Gasteiger charge is 2.24. The molecule has 0 N–H and O–H groups in total. The Morgan fingerprint density at radius 2 is 2.24 bits per heavy atom. The molecule has 1 aliphatic rings. The zero-order valence-electron chi connectivity index (χ0n) is 11.9. The van der Waals surface area contributed by atoms with Crippen LogP contribution in [0.1, 0.15) is 6.92 Å². The van der Waals surface area contributed by atoms with Crippen LogP contribution in [0.5, 0.6) is 0 Å². The monoisotopic (exact) mass is 287 g/mol. The number of hydrogen-bond acceptors (Lipinski definition) is 4. The summed E-state index contributed by atoms with van der Waals surface area (Å²) in [6.45, 7) is 3.53. The summed E-state index contributed by atoms with van der Waals surface area (Å²) in [6, 6.07) is 7.27. The van der Waals surface area contributed by atoms with Crippen LogP contribution < -0.4 is 5.56 Å². The second-order valence-corrected chi connectivity index (χ2v) is 5.21. The fourth-order valence-corrected chi connectivity index (χ4v) is 2.56. The summed E-state index contributed by atoms with van der Waals surface area (Å²) in [4.78, 5) is 26.4. The van der Waals surface area contributed by atoms with E-state index in [1.165, 1.54) is 4.68 Å². The lowest BCUT2D eigenvalue weighted by atomic mass is 10.2. The van der Waals surface area contributed by atoms with Gasteiger partial charge in [-0.25, -0.2) is 4.68 Å². The molecule has 1 amide bonds. The molecule has 0 saturated carbocycles. The Morgan fingerprint density at radius 1 is 1.43 bits per heavy atom. The lowest BCUT2D eigenvalue weighted by molar-refractivity contribution is -0.140. The number of carbonyl (C=O) groups excluding carboxylic acids is 1. The first-order valence-electron chi connectivity index (χ1n) is 6.99. The molecule has 0 spiro atoms. The maximum absolute atomic E-state index is 12.3. The first-order chi connectivity index (χ1) is 10.2. The Bertz CT molecular complexity index is 725. The van der Waals surface area contributed by atoms with Crippen LogP contribution in [-0.2, 0) is 16.1 Å². The number of amides is 1. The number of ether oxygens (including phenoxy) is 1. The largest absolute Gasteiger partial charge is 0.377 e. The average Bonchev–Trinajstić information content (AvgIpc) is 2.51. The Morgan fingerprint density at radius 3 is 3.05 bits per heavy atom. The van der Waals surface area contributed by atoms with E-state index in [0.717, 1.165) is 5.39 Å². The summed E-state index contributed by atoms with van der Waals surface area (Å²) in [5, 5.41) is 5.45. The molecular formula is C15H17N3O3.